The minimum atomic E-state index is -0.709. The highest BCUT2D eigenvalue weighted by Crippen LogP contribution is 2.43. The minimum absolute atomic E-state index is 0.0239. The van der Waals surface area contributed by atoms with E-state index in [4.69, 9.17) is 19.4 Å². The maximum atomic E-state index is 13.9. The number of rotatable bonds is 8. The van der Waals surface area contributed by atoms with Crippen molar-refractivity contribution in [3.05, 3.63) is 84.7 Å². The molecular formula is C46H51N7O5. The Morgan fingerprint density at radius 1 is 0.793 bits per heavy atom. The number of methoxy groups -OCH3 is 1. The molecule has 300 valence electrons. The van der Waals surface area contributed by atoms with Crippen LogP contribution < -0.4 is 5.32 Å². The van der Waals surface area contributed by atoms with Gasteiger partial charge in [-0.2, -0.15) is 0 Å². The van der Waals surface area contributed by atoms with Gasteiger partial charge in [0, 0.05) is 11.6 Å². The molecule has 5 aromatic rings. The number of aromatic amines is 2. The molecule has 12 heteroatoms. The van der Waals surface area contributed by atoms with Crippen LogP contribution >= 0.6 is 0 Å². The maximum Gasteiger partial charge on any atom is 0.411 e. The van der Waals surface area contributed by atoms with Crippen molar-refractivity contribution in [3.63, 3.8) is 0 Å². The first-order valence-corrected chi connectivity index (χ1v) is 20.1. The van der Waals surface area contributed by atoms with E-state index in [1.165, 1.54) is 7.11 Å². The van der Waals surface area contributed by atoms with Crippen LogP contribution in [0.5, 0.6) is 0 Å². The molecule has 3 amide bonds. The van der Waals surface area contributed by atoms with Crippen LogP contribution in [0.15, 0.2) is 73.1 Å². The lowest BCUT2D eigenvalue weighted by Gasteiger charge is -2.33. The van der Waals surface area contributed by atoms with Crippen LogP contribution in [-0.2, 0) is 14.3 Å². The summed E-state index contributed by atoms with van der Waals surface area (Å²) in [4.78, 5) is 59.3. The van der Waals surface area contributed by atoms with Crippen molar-refractivity contribution in [2.45, 2.75) is 97.1 Å². The number of ether oxygens (including phenoxy) is 2. The van der Waals surface area contributed by atoms with Gasteiger partial charge in [-0.15, -0.1) is 0 Å². The molecule has 0 bridgehead atoms. The normalized spacial score (nSPS) is 22.9. The van der Waals surface area contributed by atoms with Gasteiger partial charge >= 0.3 is 12.2 Å². The molecule has 58 heavy (non-hydrogen) atoms. The fourth-order valence-corrected chi connectivity index (χ4v) is 8.49. The third-order valence-electron chi connectivity index (χ3n) is 11.9. The molecule has 0 radical (unpaired) electrons. The molecule has 3 aromatic carbocycles. The second kappa shape index (κ2) is 15.0. The number of H-pyrrole nitrogens is 2. The number of aromatic nitrogens is 4. The Hall–Kier alpha value is -6.09. The highest BCUT2D eigenvalue weighted by molar-refractivity contribution is 5.91. The van der Waals surface area contributed by atoms with Gasteiger partial charge in [0.05, 0.1) is 48.9 Å². The monoisotopic (exact) mass is 781 g/mol. The van der Waals surface area contributed by atoms with Gasteiger partial charge < -0.3 is 29.7 Å². The van der Waals surface area contributed by atoms with Crippen LogP contribution in [0.2, 0.25) is 0 Å². The van der Waals surface area contributed by atoms with Crippen molar-refractivity contribution in [1.29, 1.82) is 0 Å². The summed E-state index contributed by atoms with van der Waals surface area (Å²) in [5.41, 5.74) is 5.34. The van der Waals surface area contributed by atoms with Gasteiger partial charge in [0.1, 0.15) is 29.3 Å². The first-order valence-electron chi connectivity index (χ1n) is 20.1. The van der Waals surface area contributed by atoms with Gasteiger partial charge in [0.15, 0.2) is 0 Å². The summed E-state index contributed by atoms with van der Waals surface area (Å²) in [6.45, 7) is 13.6. The molecule has 0 spiro atoms. The van der Waals surface area contributed by atoms with Gasteiger partial charge in [0.2, 0.25) is 5.91 Å². The van der Waals surface area contributed by atoms with Crippen molar-refractivity contribution < 1.29 is 23.9 Å². The van der Waals surface area contributed by atoms with Gasteiger partial charge in [-0.05, 0) is 92.0 Å². The molecule has 0 saturated carbocycles. The Kier molecular flexibility index (Phi) is 10.0. The Morgan fingerprint density at radius 2 is 1.36 bits per heavy atom. The lowest BCUT2D eigenvalue weighted by Crippen LogP contribution is -2.53. The second-order valence-corrected chi connectivity index (χ2v) is 17.3. The number of nitrogens with one attached hydrogen (secondary N) is 3. The van der Waals surface area contributed by atoms with E-state index in [-0.39, 0.29) is 53.9 Å². The topological polar surface area (TPSA) is 146 Å². The zero-order valence-corrected chi connectivity index (χ0v) is 34.3. The van der Waals surface area contributed by atoms with E-state index < -0.39 is 17.7 Å². The summed E-state index contributed by atoms with van der Waals surface area (Å²) >= 11 is 0. The number of carbonyl (C=O) groups excluding carboxylic acids is 3. The predicted octanol–water partition coefficient (Wildman–Crippen LogP) is 8.65. The predicted molar refractivity (Wildman–Crippen MR) is 222 cm³/mol. The van der Waals surface area contributed by atoms with Crippen molar-refractivity contribution in [3.8, 4) is 45.5 Å². The number of hydrogen-bond acceptors (Lipinski definition) is 7. The molecule has 8 rings (SSSR count). The number of likely N-dealkylation sites (tertiary alicyclic amines) is 2. The molecular weight excluding hydrogens is 731 g/mol. The van der Waals surface area contributed by atoms with Crippen LogP contribution in [-0.4, -0.2) is 78.7 Å². The quantitative estimate of drug-likeness (QED) is 0.134. The minimum Gasteiger partial charge on any atom is -0.453 e. The van der Waals surface area contributed by atoms with Crippen molar-refractivity contribution in [1.82, 2.24) is 35.1 Å². The van der Waals surface area contributed by atoms with Gasteiger partial charge in [-0.25, -0.2) is 19.6 Å². The fourth-order valence-electron chi connectivity index (χ4n) is 8.49. The van der Waals surface area contributed by atoms with E-state index in [2.05, 4.69) is 102 Å². The van der Waals surface area contributed by atoms with Crippen LogP contribution in [0, 0.1) is 29.6 Å². The highest BCUT2D eigenvalue weighted by Gasteiger charge is 2.49. The molecule has 3 N–H and O–H groups in total. The standard InChI is InChI=1S/C46H51N7O5/c1-25(2)40(51-44(55)57-8)43(54)52-27(4)26(3)19-38(52)41-47-23-35(49-41)29-11-9-28(10-12-29)30-13-14-32-21-33(16-15-31(32)20-30)36-24-48-42(50-36)39-22-34-17-18-37(34)53(39)45(56)58-46(5,6)7/h9-16,20-21,23-27,34,37-40H,19,22H2,1-8H3,(H,47,49)(H,48,50)(H,51,55)/t26-,27-,34-,37-,38+,39+,40+/m1/s1. The van der Waals surface area contributed by atoms with E-state index in [1.54, 1.807) is 4.90 Å². The van der Waals surface area contributed by atoms with Crippen LogP contribution in [0.3, 0.4) is 0 Å². The van der Waals surface area contributed by atoms with Crippen molar-refractivity contribution >= 4 is 28.9 Å². The summed E-state index contributed by atoms with van der Waals surface area (Å²) in [7, 11) is 1.30. The van der Waals surface area contributed by atoms with E-state index in [0.29, 0.717) is 0 Å². The van der Waals surface area contributed by atoms with Crippen LogP contribution in [0.4, 0.5) is 9.59 Å². The third-order valence-corrected chi connectivity index (χ3v) is 11.9. The molecule has 1 aliphatic carbocycles. The summed E-state index contributed by atoms with van der Waals surface area (Å²) in [5, 5.41) is 4.96. The third kappa shape index (κ3) is 7.30. The summed E-state index contributed by atoms with van der Waals surface area (Å²) in [6, 6.07) is 19.9. The fraction of sp³-hybridized carbons (Fsp3) is 0.413. The SMILES string of the molecule is COC(=O)N[C@H](C(=O)N1[C@H](C)[C@H](C)C[C@H]1c1ncc(-c2ccc(-c3ccc4cc(-c5cnc([C@@H]6C[C@H]7C#C[C@H]7N6C(=O)OC(C)(C)C)[nH]5)ccc4c3)cc2)[nH]1)C(C)C. The van der Waals surface area contributed by atoms with E-state index in [0.717, 1.165) is 68.9 Å². The van der Waals surface area contributed by atoms with E-state index in [9.17, 15) is 14.4 Å². The average Bonchev–Trinajstić information content (AvgIpc) is 3.98. The molecule has 2 aromatic heterocycles. The number of benzene rings is 3. The number of amides is 3. The van der Waals surface area contributed by atoms with Gasteiger partial charge in [0.25, 0.3) is 0 Å². The molecule has 0 unspecified atom stereocenters. The largest absolute Gasteiger partial charge is 0.453 e. The number of alkyl carbamates (subject to hydrolysis) is 1. The molecule has 4 heterocycles. The summed E-state index contributed by atoms with van der Waals surface area (Å²) in [5.74, 6) is 7.94. The maximum absolute atomic E-state index is 13.9. The molecule has 12 nitrogen and oxygen atoms in total. The van der Waals surface area contributed by atoms with Gasteiger partial charge in [-0.1, -0.05) is 81.1 Å². The number of nitrogens with zero attached hydrogens (tertiary/aromatic N) is 4. The van der Waals surface area contributed by atoms with E-state index in [1.807, 2.05) is 51.9 Å². The highest BCUT2D eigenvalue weighted by atomic mass is 16.6. The lowest BCUT2D eigenvalue weighted by molar-refractivity contribution is -0.137. The Balaban J connectivity index is 0.965. The number of carbonyl (C=O) groups is 3. The van der Waals surface area contributed by atoms with Crippen molar-refractivity contribution in [2.24, 2.45) is 17.8 Å². The smallest absolute Gasteiger partial charge is 0.411 e. The average molecular weight is 782 g/mol. The molecule has 3 aliphatic rings. The first-order chi connectivity index (χ1) is 27.7. The summed E-state index contributed by atoms with van der Waals surface area (Å²) in [6.07, 6.45) is 4.17. The second-order valence-electron chi connectivity index (χ2n) is 17.3. The molecule has 2 fully saturated rings. The summed E-state index contributed by atoms with van der Waals surface area (Å²) < 4.78 is 10.6. The number of imidazole rings is 2. The first kappa shape index (κ1) is 38.8. The zero-order valence-electron chi connectivity index (χ0n) is 34.3. The Morgan fingerprint density at radius 3 is 1.95 bits per heavy atom. The number of hydrogen-bond donors (Lipinski definition) is 3. The Bertz CT molecular complexity index is 2430. The van der Waals surface area contributed by atoms with Gasteiger partial charge in [-0.3, -0.25) is 9.69 Å². The molecule has 2 aliphatic heterocycles. The molecule has 2 saturated heterocycles. The van der Waals surface area contributed by atoms with Crippen LogP contribution in [0.25, 0.3) is 44.4 Å². The zero-order chi connectivity index (χ0) is 41.0. The van der Waals surface area contributed by atoms with E-state index >= 15 is 0 Å². The number of fused-ring (bicyclic) bond motifs is 2. The lowest BCUT2D eigenvalue weighted by atomic mass is 9.92. The van der Waals surface area contributed by atoms with Crippen molar-refractivity contribution in [2.75, 3.05) is 7.11 Å². The Labute approximate surface area is 339 Å². The molecule has 7 atom stereocenters. The van der Waals surface area contributed by atoms with Crippen LogP contribution in [0.1, 0.15) is 85.0 Å².